The molecule has 0 N–H and O–H groups in total. The summed E-state index contributed by atoms with van der Waals surface area (Å²) in [5, 5.41) is 0. The molecule has 0 spiro atoms. The molecule has 0 aliphatic heterocycles. The molecule has 0 aromatic heterocycles. The summed E-state index contributed by atoms with van der Waals surface area (Å²) in [5.41, 5.74) is 1.28. The van der Waals surface area contributed by atoms with Crippen molar-refractivity contribution in [2.75, 3.05) is 0 Å². The van der Waals surface area contributed by atoms with Crippen molar-refractivity contribution in [3.63, 3.8) is 0 Å². The molecule has 2 heteroatoms. The third kappa shape index (κ3) is 3.01. The van der Waals surface area contributed by atoms with E-state index in [0.29, 0.717) is 11.1 Å². The van der Waals surface area contributed by atoms with Gasteiger partial charge in [-0.05, 0) is 18.8 Å². The van der Waals surface area contributed by atoms with Crippen molar-refractivity contribution in [3.05, 3.63) is 71.8 Å². The predicted octanol–water partition coefficient (Wildman–Crippen LogP) is 4.56. The summed E-state index contributed by atoms with van der Waals surface area (Å²) in [6, 6.07) is 18.4. The number of carbonyl (C=O) groups excluding carboxylic acids is 2. The van der Waals surface area contributed by atoms with Crippen LogP contribution in [0.3, 0.4) is 0 Å². The second kappa shape index (κ2) is 6.69. The Morgan fingerprint density at radius 1 is 0.727 bits per heavy atom. The molecule has 0 amide bonds. The van der Waals surface area contributed by atoms with Gasteiger partial charge in [-0.3, -0.25) is 9.59 Å². The Labute approximate surface area is 131 Å². The maximum atomic E-state index is 12.9. The molecule has 0 radical (unpaired) electrons. The first-order valence-corrected chi connectivity index (χ1v) is 7.96. The van der Waals surface area contributed by atoms with E-state index in [9.17, 15) is 9.59 Å². The van der Waals surface area contributed by atoms with E-state index in [2.05, 4.69) is 0 Å². The Morgan fingerprint density at radius 2 is 1.14 bits per heavy atom. The van der Waals surface area contributed by atoms with Gasteiger partial charge < -0.3 is 0 Å². The molecular weight excluding hydrogens is 272 g/mol. The summed E-state index contributed by atoms with van der Waals surface area (Å²) in [7, 11) is 0. The minimum Gasteiger partial charge on any atom is -0.293 e. The largest absolute Gasteiger partial charge is 0.293 e. The van der Waals surface area contributed by atoms with Crippen LogP contribution in [0, 0.1) is 11.8 Å². The molecule has 2 aromatic rings. The first kappa shape index (κ1) is 14.7. The van der Waals surface area contributed by atoms with Gasteiger partial charge >= 0.3 is 0 Å². The minimum absolute atomic E-state index is 0.0265. The fourth-order valence-electron chi connectivity index (χ4n) is 3.40. The van der Waals surface area contributed by atoms with Crippen LogP contribution in [-0.2, 0) is 0 Å². The topological polar surface area (TPSA) is 34.1 Å². The van der Waals surface area contributed by atoms with Crippen molar-refractivity contribution in [2.24, 2.45) is 11.8 Å². The van der Waals surface area contributed by atoms with Gasteiger partial charge in [0.25, 0.3) is 0 Å². The third-order valence-corrected chi connectivity index (χ3v) is 4.55. The Balaban J connectivity index is 1.94. The first-order chi connectivity index (χ1) is 10.8. The molecule has 0 saturated heterocycles. The summed E-state index contributed by atoms with van der Waals surface area (Å²) in [4.78, 5) is 25.9. The van der Waals surface area contributed by atoms with Crippen LogP contribution in [0.4, 0.5) is 0 Å². The predicted molar refractivity (Wildman–Crippen MR) is 87.0 cm³/mol. The highest BCUT2D eigenvalue weighted by atomic mass is 16.2. The summed E-state index contributed by atoms with van der Waals surface area (Å²) in [6.45, 7) is 0. The van der Waals surface area contributed by atoms with Gasteiger partial charge in [-0.25, -0.2) is 0 Å². The van der Waals surface area contributed by atoms with Crippen molar-refractivity contribution < 1.29 is 9.59 Å². The Bertz CT molecular complexity index is 588. The number of ketones is 2. The molecule has 2 aromatic carbocycles. The van der Waals surface area contributed by atoms with Crippen molar-refractivity contribution in [1.82, 2.24) is 0 Å². The number of rotatable bonds is 5. The highest BCUT2D eigenvalue weighted by Gasteiger charge is 2.36. The van der Waals surface area contributed by atoms with E-state index in [-0.39, 0.29) is 17.5 Å². The van der Waals surface area contributed by atoms with Crippen LogP contribution in [0.2, 0.25) is 0 Å². The molecule has 0 unspecified atom stereocenters. The van der Waals surface area contributed by atoms with Gasteiger partial charge in [-0.15, -0.1) is 0 Å². The lowest BCUT2D eigenvalue weighted by Gasteiger charge is -2.21. The molecule has 1 fully saturated rings. The Morgan fingerprint density at radius 3 is 1.55 bits per heavy atom. The van der Waals surface area contributed by atoms with Gasteiger partial charge in [0.2, 0.25) is 0 Å². The number of Topliss-reactive ketones (excluding diaryl/α,β-unsaturated/α-hetero) is 2. The summed E-state index contributed by atoms with van der Waals surface area (Å²) in [6.07, 6.45) is 4.18. The van der Waals surface area contributed by atoms with E-state index < -0.39 is 5.92 Å². The van der Waals surface area contributed by atoms with Gasteiger partial charge in [0, 0.05) is 11.1 Å². The number of hydrogen-bond donors (Lipinski definition) is 0. The summed E-state index contributed by atoms with van der Waals surface area (Å²) >= 11 is 0. The SMILES string of the molecule is O=C(c1ccccc1)C(C(=O)c1ccccc1)C1CCCC1. The Hall–Kier alpha value is -2.22. The molecule has 22 heavy (non-hydrogen) atoms. The average Bonchev–Trinajstić information content (AvgIpc) is 3.10. The minimum atomic E-state index is -0.535. The van der Waals surface area contributed by atoms with E-state index in [0.717, 1.165) is 25.7 Å². The van der Waals surface area contributed by atoms with Crippen LogP contribution >= 0.6 is 0 Å². The lowest BCUT2D eigenvalue weighted by Crippen LogP contribution is -2.30. The second-order valence-electron chi connectivity index (χ2n) is 5.98. The molecule has 1 aliphatic rings. The average molecular weight is 292 g/mol. The van der Waals surface area contributed by atoms with E-state index >= 15 is 0 Å². The molecular formula is C20H20O2. The quantitative estimate of drug-likeness (QED) is 0.598. The molecule has 1 aliphatic carbocycles. The molecule has 0 heterocycles. The van der Waals surface area contributed by atoms with E-state index in [1.165, 1.54) is 0 Å². The second-order valence-corrected chi connectivity index (χ2v) is 5.98. The van der Waals surface area contributed by atoms with Crippen molar-refractivity contribution in [2.45, 2.75) is 25.7 Å². The monoisotopic (exact) mass is 292 g/mol. The molecule has 112 valence electrons. The molecule has 3 rings (SSSR count). The fraction of sp³-hybridized carbons (Fsp3) is 0.300. The zero-order chi connectivity index (χ0) is 15.4. The Kier molecular flexibility index (Phi) is 4.47. The number of hydrogen-bond acceptors (Lipinski definition) is 2. The van der Waals surface area contributed by atoms with E-state index in [1.54, 1.807) is 0 Å². The van der Waals surface area contributed by atoms with Crippen LogP contribution < -0.4 is 0 Å². The van der Waals surface area contributed by atoms with Crippen LogP contribution in [-0.4, -0.2) is 11.6 Å². The van der Waals surface area contributed by atoms with Crippen LogP contribution in [0.15, 0.2) is 60.7 Å². The van der Waals surface area contributed by atoms with Gasteiger partial charge in [-0.2, -0.15) is 0 Å². The maximum Gasteiger partial charge on any atom is 0.173 e. The van der Waals surface area contributed by atoms with Gasteiger partial charge in [0.15, 0.2) is 11.6 Å². The zero-order valence-electron chi connectivity index (χ0n) is 12.6. The van der Waals surface area contributed by atoms with E-state index in [4.69, 9.17) is 0 Å². The van der Waals surface area contributed by atoms with Crippen molar-refractivity contribution in [3.8, 4) is 0 Å². The van der Waals surface area contributed by atoms with E-state index in [1.807, 2.05) is 60.7 Å². The number of benzene rings is 2. The normalized spacial score (nSPS) is 15.1. The molecule has 0 atom stereocenters. The van der Waals surface area contributed by atoms with Gasteiger partial charge in [0.05, 0.1) is 5.92 Å². The molecule has 0 bridgehead atoms. The first-order valence-electron chi connectivity index (χ1n) is 7.96. The van der Waals surface area contributed by atoms with Crippen LogP contribution in [0.1, 0.15) is 46.4 Å². The zero-order valence-corrected chi connectivity index (χ0v) is 12.6. The highest BCUT2D eigenvalue weighted by molar-refractivity contribution is 6.16. The lowest BCUT2D eigenvalue weighted by molar-refractivity contribution is 0.0752. The van der Waals surface area contributed by atoms with Gasteiger partial charge in [-0.1, -0.05) is 73.5 Å². The standard InChI is InChI=1S/C20H20O2/c21-19(16-11-3-1-4-12-16)18(15-9-7-8-10-15)20(22)17-13-5-2-6-14-17/h1-6,11-15,18H,7-10H2. The lowest BCUT2D eigenvalue weighted by atomic mass is 9.79. The van der Waals surface area contributed by atoms with Gasteiger partial charge in [0.1, 0.15) is 0 Å². The van der Waals surface area contributed by atoms with Crippen molar-refractivity contribution in [1.29, 1.82) is 0 Å². The summed E-state index contributed by atoms with van der Waals surface area (Å²) < 4.78 is 0. The molecule has 1 saturated carbocycles. The maximum absolute atomic E-state index is 12.9. The third-order valence-electron chi connectivity index (χ3n) is 4.55. The number of carbonyl (C=O) groups is 2. The summed E-state index contributed by atoms with van der Waals surface area (Å²) in [5.74, 6) is -0.407. The molecule has 2 nitrogen and oxygen atoms in total. The fourth-order valence-corrected chi connectivity index (χ4v) is 3.40. The van der Waals surface area contributed by atoms with Crippen LogP contribution in [0.25, 0.3) is 0 Å². The van der Waals surface area contributed by atoms with Crippen LogP contribution in [0.5, 0.6) is 0 Å². The highest BCUT2D eigenvalue weighted by Crippen LogP contribution is 2.35. The van der Waals surface area contributed by atoms with Crippen molar-refractivity contribution >= 4 is 11.6 Å². The smallest absolute Gasteiger partial charge is 0.173 e.